The van der Waals surface area contributed by atoms with Crippen LogP contribution < -0.4 is 14.9 Å². The lowest BCUT2D eigenvalue weighted by Crippen LogP contribution is -2.18. The van der Waals surface area contributed by atoms with E-state index in [9.17, 15) is 9.59 Å². The summed E-state index contributed by atoms with van der Waals surface area (Å²) < 4.78 is 11.4. The Morgan fingerprint density at radius 3 is 2.45 bits per heavy atom. The lowest BCUT2D eigenvalue weighted by Gasteiger charge is -2.12. The molecule has 0 saturated carbocycles. The minimum atomic E-state index is -0.502. The molecule has 0 fully saturated rings. The number of amides is 1. The predicted octanol–water partition coefficient (Wildman–Crippen LogP) is 5.59. The van der Waals surface area contributed by atoms with Crippen LogP contribution in [0.2, 0.25) is 0 Å². The molecule has 1 N–H and O–H groups in total. The molecule has 6 nitrogen and oxygen atoms in total. The predicted molar refractivity (Wildman–Crippen MR) is 131 cm³/mol. The van der Waals surface area contributed by atoms with E-state index in [0.717, 1.165) is 10.8 Å². The van der Waals surface area contributed by atoms with Crippen LogP contribution in [0.4, 0.5) is 0 Å². The van der Waals surface area contributed by atoms with Crippen molar-refractivity contribution >= 4 is 44.8 Å². The molecule has 4 aromatic rings. The van der Waals surface area contributed by atoms with E-state index in [2.05, 4.69) is 26.5 Å². The van der Waals surface area contributed by atoms with Gasteiger partial charge in [0.15, 0.2) is 11.5 Å². The maximum absolute atomic E-state index is 12.6. The highest BCUT2D eigenvalue weighted by Crippen LogP contribution is 2.36. The van der Waals surface area contributed by atoms with Crippen LogP contribution in [0.5, 0.6) is 11.5 Å². The van der Waals surface area contributed by atoms with Gasteiger partial charge in [-0.3, -0.25) is 4.79 Å². The molecular weight excluding hydrogens is 484 g/mol. The molecule has 0 radical (unpaired) electrons. The fraction of sp³-hybridized carbons (Fsp3) is 0.0385. The number of fused-ring (bicyclic) bond motifs is 1. The average Bonchev–Trinajstić information content (AvgIpc) is 2.85. The summed E-state index contributed by atoms with van der Waals surface area (Å²) in [5.74, 6) is -0.223. The molecule has 0 unspecified atom stereocenters. The normalized spacial score (nSPS) is 10.8. The molecule has 33 heavy (non-hydrogen) atoms. The summed E-state index contributed by atoms with van der Waals surface area (Å²) >= 11 is 3.42. The summed E-state index contributed by atoms with van der Waals surface area (Å²) in [6, 6.07) is 25.2. The topological polar surface area (TPSA) is 77.0 Å². The molecule has 0 saturated heterocycles. The zero-order valence-electron chi connectivity index (χ0n) is 17.6. The molecule has 4 rings (SSSR count). The van der Waals surface area contributed by atoms with Crippen molar-refractivity contribution in [2.75, 3.05) is 7.11 Å². The van der Waals surface area contributed by atoms with Crippen LogP contribution >= 0.6 is 15.9 Å². The highest BCUT2D eigenvalue weighted by molar-refractivity contribution is 9.10. The summed E-state index contributed by atoms with van der Waals surface area (Å²) in [5.41, 5.74) is 4.15. The van der Waals surface area contributed by atoms with E-state index >= 15 is 0 Å². The van der Waals surface area contributed by atoms with Gasteiger partial charge >= 0.3 is 5.97 Å². The van der Waals surface area contributed by atoms with E-state index in [1.807, 2.05) is 42.5 Å². The minimum absolute atomic E-state index is 0.253. The SMILES string of the molecule is COc1cc(/C=N\NC(=O)c2cccc3ccccc23)cc(Br)c1OC(=O)c1ccccc1. The van der Waals surface area contributed by atoms with Gasteiger partial charge in [0.2, 0.25) is 0 Å². The van der Waals surface area contributed by atoms with E-state index in [1.165, 1.54) is 13.3 Å². The van der Waals surface area contributed by atoms with E-state index < -0.39 is 5.97 Å². The minimum Gasteiger partial charge on any atom is -0.493 e. The molecule has 0 spiro atoms. The average molecular weight is 503 g/mol. The summed E-state index contributed by atoms with van der Waals surface area (Å²) in [5, 5.41) is 5.89. The molecule has 0 atom stereocenters. The van der Waals surface area contributed by atoms with Crippen molar-refractivity contribution in [2.45, 2.75) is 0 Å². The van der Waals surface area contributed by atoms with Gasteiger partial charge in [0.25, 0.3) is 5.91 Å². The number of nitrogens with one attached hydrogen (secondary N) is 1. The van der Waals surface area contributed by atoms with Gasteiger partial charge in [-0.2, -0.15) is 5.10 Å². The van der Waals surface area contributed by atoms with Gasteiger partial charge < -0.3 is 9.47 Å². The van der Waals surface area contributed by atoms with Crippen molar-refractivity contribution < 1.29 is 19.1 Å². The van der Waals surface area contributed by atoms with E-state index in [-0.39, 0.29) is 11.7 Å². The molecule has 4 aromatic carbocycles. The number of rotatable bonds is 6. The van der Waals surface area contributed by atoms with Crippen LogP contribution in [0, 0.1) is 0 Å². The Balaban J connectivity index is 1.51. The molecule has 164 valence electrons. The number of esters is 1. The Hall–Kier alpha value is -3.97. The Bertz CT molecular complexity index is 1350. The Labute approximate surface area is 199 Å². The van der Waals surface area contributed by atoms with E-state index in [1.54, 1.807) is 42.5 Å². The summed E-state index contributed by atoms with van der Waals surface area (Å²) in [6.07, 6.45) is 1.49. The second-order valence-electron chi connectivity index (χ2n) is 7.02. The van der Waals surface area contributed by atoms with Crippen LogP contribution in [0.25, 0.3) is 10.8 Å². The fourth-order valence-electron chi connectivity index (χ4n) is 3.29. The van der Waals surface area contributed by atoms with Crippen molar-refractivity contribution in [3.05, 3.63) is 106 Å². The molecule has 0 aliphatic rings. The van der Waals surface area contributed by atoms with Crippen LogP contribution in [-0.2, 0) is 0 Å². The van der Waals surface area contributed by atoms with Gasteiger partial charge in [0, 0.05) is 5.56 Å². The number of methoxy groups -OCH3 is 1. The van der Waals surface area contributed by atoms with Crippen LogP contribution in [-0.4, -0.2) is 25.2 Å². The molecule has 0 aliphatic heterocycles. The smallest absolute Gasteiger partial charge is 0.343 e. The second kappa shape index (κ2) is 10.1. The van der Waals surface area contributed by atoms with Gasteiger partial charge in [-0.05, 0) is 62.6 Å². The van der Waals surface area contributed by atoms with E-state index in [4.69, 9.17) is 9.47 Å². The first-order valence-electron chi connectivity index (χ1n) is 10.0. The van der Waals surface area contributed by atoms with Gasteiger partial charge in [-0.25, -0.2) is 10.2 Å². The van der Waals surface area contributed by atoms with Crippen LogP contribution in [0.3, 0.4) is 0 Å². The number of hydrazone groups is 1. The van der Waals surface area contributed by atoms with Gasteiger partial charge in [-0.1, -0.05) is 54.6 Å². The number of ether oxygens (including phenoxy) is 2. The molecular formula is C26H19BrN2O4. The summed E-state index contributed by atoms with van der Waals surface area (Å²) in [6.45, 7) is 0. The monoisotopic (exact) mass is 502 g/mol. The number of hydrogen-bond acceptors (Lipinski definition) is 5. The lowest BCUT2D eigenvalue weighted by molar-refractivity contribution is 0.0728. The van der Waals surface area contributed by atoms with Gasteiger partial charge in [0.1, 0.15) is 0 Å². The molecule has 1 amide bonds. The number of halogens is 1. The Morgan fingerprint density at radius 2 is 1.67 bits per heavy atom. The first kappa shape index (κ1) is 22.2. The number of carbonyl (C=O) groups excluding carboxylic acids is 2. The Morgan fingerprint density at radius 1 is 0.939 bits per heavy atom. The van der Waals surface area contributed by atoms with Crippen LogP contribution in [0.1, 0.15) is 26.3 Å². The van der Waals surface area contributed by atoms with Gasteiger partial charge in [0.05, 0.1) is 23.4 Å². The van der Waals surface area contributed by atoms with Crippen molar-refractivity contribution in [3.8, 4) is 11.5 Å². The molecule has 0 aliphatic carbocycles. The zero-order valence-corrected chi connectivity index (χ0v) is 19.2. The van der Waals surface area contributed by atoms with Crippen molar-refractivity contribution in [2.24, 2.45) is 5.10 Å². The standard InChI is InChI=1S/C26H19BrN2O4/c1-32-23-15-17(14-22(27)24(23)33-26(31)19-9-3-2-4-10-19)16-28-29-25(30)21-13-7-11-18-8-5-6-12-20(18)21/h2-16H,1H3,(H,29,30)/b28-16-. The zero-order chi connectivity index (χ0) is 23.2. The van der Waals surface area contributed by atoms with Crippen molar-refractivity contribution in [1.29, 1.82) is 0 Å². The number of nitrogens with zero attached hydrogens (tertiary/aromatic N) is 1. The highest BCUT2D eigenvalue weighted by atomic mass is 79.9. The molecule has 0 bridgehead atoms. The number of carbonyl (C=O) groups is 2. The third-order valence-corrected chi connectivity index (χ3v) is 5.46. The maximum atomic E-state index is 12.6. The molecule has 0 heterocycles. The maximum Gasteiger partial charge on any atom is 0.343 e. The fourth-order valence-corrected chi connectivity index (χ4v) is 3.83. The first-order chi connectivity index (χ1) is 16.1. The highest BCUT2D eigenvalue weighted by Gasteiger charge is 2.16. The molecule has 7 heteroatoms. The third-order valence-electron chi connectivity index (χ3n) is 4.87. The second-order valence-corrected chi connectivity index (χ2v) is 7.87. The number of benzene rings is 4. The van der Waals surface area contributed by atoms with Crippen LogP contribution in [0.15, 0.2) is 94.5 Å². The first-order valence-corrected chi connectivity index (χ1v) is 10.8. The number of hydrogen-bond donors (Lipinski definition) is 1. The third kappa shape index (κ3) is 5.10. The summed E-state index contributed by atoms with van der Waals surface area (Å²) in [4.78, 5) is 25.1. The molecule has 0 aromatic heterocycles. The van der Waals surface area contributed by atoms with Crippen molar-refractivity contribution in [3.63, 3.8) is 0 Å². The van der Waals surface area contributed by atoms with Crippen molar-refractivity contribution in [1.82, 2.24) is 5.43 Å². The summed E-state index contributed by atoms with van der Waals surface area (Å²) in [7, 11) is 1.48. The lowest BCUT2D eigenvalue weighted by atomic mass is 10.0. The largest absolute Gasteiger partial charge is 0.493 e. The Kier molecular flexibility index (Phi) is 6.80. The van der Waals surface area contributed by atoms with Gasteiger partial charge in [-0.15, -0.1) is 0 Å². The van der Waals surface area contributed by atoms with E-state index in [0.29, 0.717) is 26.9 Å². The quantitative estimate of drug-likeness (QED) is 0.161.